The third-order valence-corrected chi connectivity index (χ3v) is 7.92. The SMILES string of the molecule is O=C(N1CCNCC1)N1CCC(c2cc(NCc3ccc(Cl)s3)n(C(=O)c3ccccc3Cl)n2)C1. The molecule has 2 saturated heterocycles. The number of likely N-dealkylation sites (tertiary alicyclic amines) is 1. The predicted molar refractivity (Wildman–Crippen MR) is 139 cm³/mol. The van der Waals surface area contributed by atoms with E-state index in [0.717, 1.165) is 43.2 Å². The standard InChI is InChI=1S/C24H26Cl2N6O2S/c25-19-4-2-1-3-18(19)23(33)32-22(28-14-17-5-6-21(26)35-17)13-20(29-32)16-7-10-31(15-16)24(34)30-11-8-27-9-12-30/h1-6,13,16,27-28H,7-12,14-15H2. The molecule has 11 heteroatoms. The van der Waals surface area contributed by atoms with Crippen molar-refractivity contribution in [1.82, 2.24) is 24.9 Å². The average Bonchev–Trinajstić information content (AvgIpc) is 3.62. The van der Waals surface area contributed by atoms with Crippen LogP contribution in [-0.4, -0.2) is 70.8 Å². The van der Waals surface area contributed by atoms with Crippen LogP contribution in [0.15, 0.2) is 42.5 Å². The maximum atomic E-state index is 13.4. The summed E-state index contributed by atoms with van der Waals surface area (Å²) >= 11 is 13.9. The van der Waals surface area contributed by atoms with Crippen LogP contribution in [0.5, 0.6) is 0 Å². The second-order valence-electron chi connectivity index (χ2n) is 8.66. The fourth-order valence-corrected chi connectivity index (χ4v) is 5.73. The highest BCUT2D eigenvalue weighted by atomic mass is 35.5. The maximum absolute atomic E-state index is 13.4. The number of halogens is 2. The van der Waals surface area contributed by atoms with Gasteiger partial charge in [0.1, 0.15) is 5.82 Å². The Bertz CT molecular complexity index is 1220. The van der Waals surface area contributed by atoms with E-state index in [1.807, 2.05) is 28.0 Å². The van der Waals surface area contributed by atoms with Crippen molar-refractivity contribution >= 4 is 52.3 Å². The van der Waals surface area contributed by atoms with Gasteiger partial charge in [-0.15, -0.1) is 11.3 Å². The highest BCUT2D eigenvalue weighted by Crippen LogP contribution is 2.30. The summed E-state index contributed by atoms with van der Waals surface area (Å²) in [5.41, 5.74) is 1.17. The number of carbonyl (C=O) groups excluding carboxylic acids is 2. The van der Waals surface area contributed by atoms with Crippen LogP contribution in [0.4, 0.5) is 10.6 Å². The van der Waals surface area contributed by atoms with Gasteiger partial charge in [0.25, 0.3) is 5.91 Å². The normalized spacial score (nSPS) is 18.2. The Morgan fingerprint density at radius 3 is 2.63 bits per heavy atom. The molecule has 0 spiro atoms. The van der Waals surface area contributed by atoms with E-state index in [-0.39, 0.29) is 17.9 Å². The largest absolute Gasteiger partial charge is 0.365 e. The number of rotatable bonds is 5. The summed E-state index contributed by atoms with van der Waals surface area (Å²) in [5.74, 6) is 0.334. The first-order valence-electron chi connectivity index (χ1n) is 11.6. The van der Waals surface area contributed by atoms with Crippen molar-refractivity contribution in [1.29, 1.82) is 0 Å². The molecule has 0 aliphatic carbocycles. The molecule has 184 valence electrons. The third-order valence-electron chi connectivity index (χ3n) is 6.36. The van der Waals surface area contributed by atoms with E-state index in [0.29, 0.717) is 40.4 Å². The van der Waals surface area contributed by atoms with Crippen molar-refractivity contribution in [2.75, 3.05) is 44.6 Å². The van der Waals surface area contributed by atoms with Gasteiger partial charge in [0.15, 0.2) is 0 Å². The zero-order valence-corrected chi connectivity index (χ0v) is 21.4. The highest BCUT2D eigenvalue weighted by molar-refractivity contribution is 7.16. The summed E-state index contributed by atoms with van der Waals surface area (Å²) < 4.78 is 2.09. The quantitative estimate of drug-likeness (QED) is 0.509. The number of hydrogen-bond donors (Lipinski definition) is 2. The minimum absolute atomic E-state index is 0.0545. The summed E-state index contributed by atoms with van der Waals surface area (Å²) in [4.78, 5) is 31.2. The zero-order valence-electron chi connectivity index (χ0n) is 19.0. The maximum Gasteiger partial charge on any atom is 0.320 e. The molecule has 2 aromatic heterocycles. The molecule has 2 aliphatic rings. The first-order valence-corrected chi connectivity index (χ1v) is 13.2. The number of nitrogens with one attached hydrogen (secondary N) is 2. The lowest BCUT2D eigenvalue weighted by Crippen LogP contribution is -2.51. The van der Waals surface area contributed by atoms with E-state index in [1.54, 1.807) is 24.3 Å². The summed E-state index contributed by atoms with van der Waals surface area (Å²) in [5, 5.41) is 11.7. The van der Waals surface area contributed by atoms with Crippen LogP contribution in [-0.2, 0) is 6.54 Å². The van der Waals surface area contributed by atoms with E-state index in [2.05, 4.69) is 10.6 Å². The molecular weight excluding hydrogens is 507 g/mol. The van der Waals surface area contributed by atoms with Gasteiger partial charge in [-0.05, 0) is 30.7 Å². The Balaban J connectivity index is 1.37. The smallest absolute Gasteiger partial charge is 0.320 e. The second kappa shape index (κ2) is 10.6. The minimum atomic E-state index is -0.305. The lowest BCUT2D eigenvalue weighted by atomic mass is 10.1. The molecule has 1 atom stereocenters. The number of carbonyl (C=O) groups is 2. The molecule has 1 unspecified atom stereocenters. The minimum Gasteiger partial charge on any atom is -0.365 e. The first-order chi connectivity index (χ1) is 17.0. The molecular formula is C24H26Cl2N6O2S. The number of anilines is 1. The molecule has 0 saturated carbocycles. The number of nitrogens with zero attached hydrogens (tertiary/aromatic N) is 4. The molecule has 0 radical (unpaired) electrons. The van der Waals surface area contributed by atoms with Crippen LogP contribution in [0.25, 0.3) is 0 Å². The number of hydrogen-bond acceptors (Lipinski definition) is 6. The molecule has 35 heavy (non-hydrogen) atoms. The lowest BCUT2D eigenvalue weighted by molar-refractivity contribution is 0.0947. The van der Waals surface area contributed by atoms with Crippen molar-refractivity contribution in [2.24, 2.45) is 0 Å². The van der Waals surface area contributed by atoms with Gasteiger partial charge in [-0.2, -0.15) is 9.78 Å². The van der Waals surface area contributed by atoms with Crippen molar-refractivity contribution < 1.29 is 9.59 Å². The number of amides is 2. The molecule has 2 amide bonds. The summed E-state index contributed by atoms with van der Waals surface area (Å²) in [6.45, 7) is 4.86. The van der Waals surface area contributed by atoms with E-state index < -0.39 is 0 Å². The molecule has 3 aromatic rings. The summed E-state index contributed by atoms with van der Waals surface area (Å²) in [6.07, 6.45) is 0.801. The van der Waals surface area contributed by atoms with E-state index in [9.17, 15) is 9.59 Å². The first kappa shape index (κ1) is 24.1. The van der Waals surface area contributed by atoms with Crippen molar-refractivity contribution in [2.45, 2.75) is 18.9 Å². The van der Waals surface area contributed by atoms with Crippen LogP contribution in [0.2, 0.25) is 9.36 Å². The molecule has 5 rings (SSSR count). The predicted octanol–water partition coefficient (Wildman–Crippen LogP) is 4.37. The van der Waals surface area contributed by atoms with Crippen molar-refractivity contribution in [3.63, 3.8) is 0 Å². The van der Waals surface area contributed by atoms with E-state index in [4.69, 9.17) is 28.3 Å². The number of urea groups is 1. The molecule has 8 nitrogen and oxygen atoms in total. The molecule has 4 heterocycles. The zero-order chi connectivity index (χ0) is 24.4. The highest BCUT2D eigenvalue weighted by Gasteiger charge is 2.33. The number of benzene rings is 1. The van der Waals surface area contributed by atoms with Crippen LogP contribution >= 0.6 is 34.5 Å². The fraction of sp³-hybridized carbons (Fsp3) is 0.375. The van der Waals surface area contributed by atoms with Crippen molar-refractivity contribution in [3.05, 3.63) is 68.0 Å². The number of thiophene rings is 1. The molecule has 2 N–H and O–H groups in total. The number of aromatic nitrogens is 2. The van der Waals surface area contributed by atoms with Gasteiger partial charge in [0, 0.05) is 56.1 Å². The summed E-state index contributed by atoms with van der Waals surface area (Å²) in [6, 6.07) is 12.7. The molecule has 1 aromatic carbocycles. The van der Waals surface area contributed by atoms with Gasteiger partial charge < -0.3 is 20.4 Å². The van der Waals surface area contributed by atoms with Gasteiger partial charge in [-0.25, -0.2) is 4.79 Å². The van der Waals surface area contributed by atoms with Gasteiger partial charge in [-0.1, -0.05) is 35.3 Å². The molecule has 2 aliphatic heterocycles. The van der Waals surface area contributed by atoms with E-state index >= 15 is 0 Å². The van der Waals surface area contributed by atoms with Crippen LogP contribution < -0.4 is 10.6 Å². The second-order valence-corrected chi connectivity index (χ2v) is 10.9. The Labute approximate surface area is 217 Å². The number of piperazine rings is 1. The lowest BCUT2D eigenvalue weighted by Gasteiger charge is -2.31. The Hall–Kier alpha value is -2.59. The molecule has 0 bridgehead atoms. The summed E-state index contributed by atoms with van der Waals surface area (Å²) in [7, 11) is 0. The van der Waals surface area contributed by atoms with Gasteiger partial charge >= 0.3 is 6.03 Å². The van der Waals surface area contributed by atoms with Crippen LogP contribution in [0, 0.1) is 0 Å². The fourth-order valence-electron chi connectivity index (χ4n) is 4.48. The van der Waals surface area contributed by atoms with Crippen LogP contribution in [0.3, 0.4) is 0 Å². The third kappa shape index (κ3) is 5.33. The van der Waals surface area contributed by atoms with Crippen molar-refractivity contribution in [3.8, 4) is 0 Å². The average molecular weight is 533 g/mol. The monoisotopic (exact) mass is 532 g/mol. The van der Waals surface area contributed by atoms with Gasteiger partial charge in [0.05, 0.1) is 27.2 Å². The Morgan fingerprint density at radius 1 is 1.09 bits per heavy atom. The van der Waals surface area contributed by atoms with Crippen LogP contribution in [0.1, 0.15) is 33.3 Å². The topological polar surface area (TPSA) is 82.5 Å². The molecule has 2 fully saturated rings. The Morgan fingerprint density at radius 2 is 1.89 bits per heavy atom. The van der Waals surface area contributed by atoms with E-state index in [1.165, 1.54) is 16.0 Å². The van der Waals surface area contributed by atoms with Gasteiger partial charge in [-0.3, -0.25) is 4.79 Å². The van der Waals surface area contributed by atoms with Gasteiger partial charge in [0.2, 0.25) is 0 Å². The Kier molecular flexibility index (Phi) is 7.29.